The van der Waals surface area contributed by atoms with Crippen LogP contribution in [0.15, 0.2) is 18.2 Å². The summed E-state index contributed by atoms with van der Waals surface area (Å²) in [7, 11) is 0. The SMILES string of the molecule is CC1CCCC(NC2CCC(C(=O)NCc3cc(C(F)(F)F)cc(C(F)(F)F)c3)(C(C)C)C2)C1C. The molecule has 0 radical (unpaired) electrons. The molecular formula is C26H36F6N2O. The van der Waals surface area contributed by atoms with E-state index in [1.807, 2.05) is 13.8 Å². The third-order valence-corrected chi connectivity index (χ3v) is 8.36. The van der Waals surface area contributed by atoms with Crippen molar-refractivity contribution in [2.24, 2.45) is 23.2 Å². The van der Waals surface area contributed by atoms with Crippen molar-refractivity contribution in [1.29, 1.82) is 0 Å². The molecule has 0 heterocycles. The molecule has 3 rings (SSSR count). The normalized spacial score (nSPS) is 30.0. The number of halogens is 6. The molecule has 3 nitrogen and oxygen atoms in total. The Morgan fingerprint density at radius 3 is 2.14 bits per heavy atom. The van der Waals surface area contributed by atoms with Gasteiger partial charge < -0.3 is 10.6 Å². The highest BCUT2D eigenvalue weighted by molar-refractivity contribution is 5.83. The van der Waals surface area contributed by atoms with Gasteiger partial charge in [-0.2, -0.15) is 26.3 Å². The van der Waals surface area contributed by atoms with Crippen molar-refractivity contribution >= 4 is 5.91 Å². The number of nitrogens with one attached hydrogen (secondary N) is 2. The minimum Gasteiger partial charge on any atom is -0.352 e. The Labute approximate surface area is 203 Å². The number of carbonyl (C=O) groups excluding carboxylic acids is 1. The van der Waals surface area contributed by atoms with Crippen molar-refractivity contribution in [3.63, 3.8) is 0 Å². The maximum Gasteiger partial charge on any atom is 0.416 e. The topological polar surface area (TPSA) is 41.1 Å². The summed E-state index contributed by atoms with van der Waals surface area (Å²) in [5.41, 5.74) is -3.69. The summed E-state index contributed by atoms with van der Waals surface area (Å²) < 4.78 is 79.0. The van der Waals surface area contributed by atoms with Gasteiger partial charge in [0.05, 0.1) is 16.5 Å². The Morgan fingerprint density at radius 1 is 1.00 bits per heavy atom. The highest BCUT2D eigenvalue weighted by Gasteiger charge is 2.48. The number of hydrogen-bond donors (Lipinski definition) is 2. The van der Waals surface area contributed by atoms with Gasteiger partial charge in [0.2, 0.25) is 5.91 Å². The molecule has 0 saturated heterocycles. The summed E-state index contributed by atoms with van der Waals surface area (Å²) in [6, 6.07) is 1.98. The number of rotatable bonds is 6. The lowest BCUT2D eigenvalue weighted by atomic mass is 9.74. The molecule has 35 heavy (non-hydrogen) atoms. The molecule has 9 heteroatoms. The lowest BCUT2D eigenvalue weighted by Crippen LogP contribution is -2.47. The lowest BCUT2D eigenvalue weighted by molar-refractivity contribution is -0.143. The van der Waals surface area contributed by atoms with Crippen molar-refractivity contribution in [1.82, 2.24) is 10.6 Å². The monoisotopic (exact) mass is 506 g/mol. The number of hydrogen-bond acceptors (Lipinski definition) is 2. The van der Waals surface area contributed by atoms with Crippen LogP contribution in [0.3, 0.4) is 0 Å². The van der Waals surface area contributed by atoms with Crippen LogP contribution in [0.25, 0.3) is 0 Å². The van der Waals surface area contributed by atoms with E-state index in [1.165, 1.54) is 12.8 Å². The molecule has 2 aliphatic carbocycles. The van der Waals surface area contributed by atoms with E-state index in [2.05, 4.69) is 24.5 Å². The summed E-state index contributed by atoms with van der Waals surface area (Å²) in [5, 5.41) is 6.41. The Hall–Kier alpha value is -1.77. The van der Waals surface area contributed by atoms with Crippen LogP contribution in [0.5, 0.6) is 0 Å². The van der Waals surface area contributed by atoms with Gasteiger partial charge in [-0.1, -0.05) is 40.5 Å². The molecule has 1 aromatic rings. The van der Waals surface area contributed by atoms with Gasteiger partial charge in [-0.15, -0.1) is 0 Å². The molecule has 1 aromatic carbocycles. The van der Waals surface area contributed by atoms with Crippen LogP contribution in [-0.4, -0.2) is 18.0 Å². The first kappa shape index (κ1) is 27.8. The summed E-state index contributed by atoms with van der Waals surface area (Å²) in [4.78, 5) is 13.3. The van der Waals surface area contributed by atoms with E-state index in [4.69, 9.17) is 0 Å². The van der Waals surface area contributed by atoms with Crippen LogP contribution < -0.4 is 10.6 Å². The number of benzene rings is 1. The van der Waals surface area contributed by atoms with Crippen LogP contribution in [0.4, 0.5) is 26.3 Å². The third-order valence-electron chi connectivity index (χ3n) is 8.36. The molecule has 2 aliphatic rings. The van der Waals surface area contributed by atoms with Crippen molar-refractivity contribution in [3.05, 3.63) is 34.9 Å². The Bertz CT molecular complexity index is 865. The largest absolute Gasteiger partial charge is 0.416 e. The minimum absolute atomic E-state index is 0.0238. The molecule has 0 aromatic heterocycles. The number of amides is 1. The molecule has 2 N–H and O–H groups in total. The van der Waals surface area contributed by atoms with Crippen LogP contribution in [0, 0.1) is 23.2 Å². The highest BCUT2D eigenvalue weighted by atomic mass is 19.4. The van der Waals surface area contributed by atoms with Crippen LogP contribution in [0.2, 0.25) is 0 Å². The molecule has 1 amide bonds. The molecule has 0 aliphatic heterocycles. The van der Waals surface area contributed by atoms with Gasteiger partial charge in [-0.25, -0.2) is 0 Å². The second-order valence-electron chi connectivity index (χ2n) is 10.9. The first-order valence-electron chi connectivity index (χ1n) is 12.5. The molecule has 5 unspecified atom stereocenters. The van der Waals surface area contributed by atoms with E-state index in [-0.39, 0.29) is 29.5 Å². The Kier molecular flexibility index (Phi) is 8.19. The lowest BCUT2D eigenvalue weighted by Gasteiger charge is -2.37. The quantitative estimate of drug-likeness (QED) is 0.410. The van der Waals surface area contributed by atoms with Crippen LogP contribution in [-0.2, 0) is 23.7 Å². The molecule has 198 valence electrons. The first-order chi connectivity index (χ1) is 16.1. The molecule has 2 saturated carbocycles. The van der Waals surface area contributed by atoms with Gasteiger partial charge in [0.15, 0.2) is 0 Å². The Morgan fingerprint density at radius 2 is 1.60 bits per heavy atom. The maximum atomic E-state index is 13.3. The maximum absolute atomic E-state index is 13.3. The highest BCUT2D eigenvalue weighted by Crippen LogP contribution is 2.45. The molecule has 2 fully saturated rings. The van der Waals surface area contributed by atoms with Crippen molar-refractivity contribution < 1.29 is 31.1 Å². The fourth-order valence-corrected chi connectivity index (χ4v) is 5.81. The second-order valence-corrected chi connectivity index (χ2v) is 10.9. The first-order valence-corrected chi connectivity index (χ1v) is 12.5. The fourth-order valence-electron chi connectivity index (χ4n) is 5.81. The second kappa shape index (κ2) is 10.3. The fraction of sp³-hybridized carbons (Fsp3) is 0.731. The van der Waals surface area contributed by atoms with Crippen LogP contribution in [0.1, 0.15) is 82.9 Å². The minimum atomic E-state index is -4.92. The number of carbonyl (C=O) groups is 1. The molecular weight excluding hydrogens is 470 g/mol. The van der Waals surface area contributed by atoms with E-state index >= 15 is 0 Å². The third kappa shape index (κ3) is 6.33. The van der Waals surface area contributed by atoms with Crippen molar-refractivity contribution in [2.45, 2.75) is 97.2 Å². The van der Waals surface area contributed by atoms with E-state index in [9.17, 15) is 31.1 Å². The predicted molar refractivity (Wildman–Crippen MR) is 122 cm³/mol. The van der Waals surface area contributed by atoms with E-state index in [0.29, 0.717) is 42.9 Å². The van der Waals surface area contributed by atoms with Gasteiger partial charge in [-0.3, -0.25) is 4.79 Å². The summed E-state index contributed by atoms with van der Waals surface area (Å²) in [5.74, 6) is 0.835. The van der Waals surface area contributed by atoms with Gasteiger partial charge in [0.25, 0.3) is 0 Å². The predicted octanol–water partition coefficient (Wildman–Crippen LogP) is 6.95. The van der Waals surface area contributed by atoms with E-state index in [0.717, 1.165) is 12.8 Å². The molecule has 0 bridgehead atoms. The van der Waals surface area contributed by atoms with Gasteiger partial charge in [0.1, 0.15) is 0 Å². The average molecular weight is 507 g/mol. The molecule has 0 spiro atoms. The summed E-state index contributed by atoms with van der Waals surface area (Å²) in [6.07, 6.45) is -4.32. The zero-order valence-corrected chi connectivity index (χ0v) is 20.7. The Balaban J connectivity index is 1.72. The zero-order chi connectivity index (χ0) is 26.2. The van der Waals surface area contributed by atoms with Crippen molar-refractivity contribution in [3.8, 4) is 0 Å². The summed E-state index contributed by atoms with van der Waals surface area (Å²) >= 11 is 0. The van der Waals surface area contributed by atoms with Gasteiger partial charge in [-0.05, 0) is 67.2 Å². The smallest absolute Gasteiger partial charge is 0.352 e. The molecule has 5 atom stereocenters. The zero-order valence-electron chi connectivity index (χ0n) is 20.7. The average Bonchev–Trinajstić information content (AvgIpc) is 3.19. The van der Waals surface area contributed by atoms with Gasteiger partial charge in [0, 0.05) is 18.6 Å². The van der Waals surface area contributed by atoms with Gasteiger partial charge >= 0.3 is 12.4 Å². The van der Waals surface area contributed by atoms with Crippen molar-refractivity contribution in [2.75, 3.05) is 0 Å². The number of alkyl halides is 6. The summed E-state index contributed by atoms with van der Waals surface area (Å²) in [6.45, 7) is 8.01. The van der Waals surface area contributed by atoms with Crippen LogP contribution >= 0.6 is 0 Å². The standard InChI is InChI=1S/C26H36F6N2O/c1-15(2)24(9-8-21(13-24)34-22-7-5-6-16(3)17(22)4)23(35)33-14-18-10-19(25(27,28)29)12-20(11-18)26(30,31)32/h10-12,15-17,21-22,34H,5-9,13-14H2,1-4H3,(H,33,35). The van der Waals surface area contributed by atoms with E-state index < -0.39 is 35.4 Å². The van der Waals surface area contributed by atoms with E-state index in [1.54, 1.807) is 0 Å².